The molecule has 6 heteroatoms. The molecular formula is C19H26N4O2. The third kappa shape index (κ3) is 3.48. The molecule has 0 bridgehead atoms. The number of nitrogens with one attached hydrogen (secondary N) is 1. The van der Waals surface area contributed by atoms with Crippen LogP contribution in [0.15, 0.2) is 24.4 Å². The Morgan fingerprint density at radius 2 is 1.96 bits per heavy atom. The fraction of sp³-hybridized carbons (Fsp3) is 0.474. The number of anilines is 2. The van der Waals surface area contributed by atoms with Gasteiger partial charge in [0.15, 0.2) is 0 Å². The van der Waals surface area contributed by atoms with E-state index in [4.69, 9.17) is 9.72 Å². The summed E-state index contributed by atoms with van der Waals surface area (Å²) in [4.78, 5) is 20.4. The fourth-order valence-corrected chi connectivity index (χ4v) is 3.32. The van der Waals surface area contributed by atoms with E-state index < -0.39 is 0 Å². The first kappa shape index (κ1) is 17.3. The molecule has 1 aliphatic heterocycles. The van der Waals surface area contributed by atoms with Crippen LogP contribution < -0.4 is 15.0 Å². The second-order valence-electron chi connectivity index (χ2n) is 6.67. The van der Waals surface area contributed by atoms with Crippen molar-refractivity contribution in [3.05, 3.63) is 24.4 Å². The lowest BCUT2D eigenvalue weighted by molar-refractivity contribution is -0.129. The number of fused-ring (bicyclic) bond motifs is 1. The fourth-order valence-electron chi connectivity index (χ4n) is 3.32. The van der Waals surface area contributed by atoms with Crippen LogP contribution in [-0.2, 0) is 4.79 Å². The number of amides is 1. The van der Waals surface area contributed by atoms with Gasteiger partial charge in [0.1, 0.15) is 11.6 Å². The minimum atomic E-state index is 0.131. The Morgan fingerprint density at radius 3 is 2.56 bits per heavy atom. The summed E-state index contributed by atoms with van der Waals surface area (Å²) in [5.41, 5.74) is 1.01. The number of ether oxygens (including phenoxy) is 1. The molecule has 0 radical (unpaired) electrons. The van der Waals surface area contributed by atoms with Crippen molar-refractivity contribution < 1.29 is 9.53 Å². The first-order valence-electron chi connectivity index (χ1n) is 8.74. The minimum absolute atomic E-state index is 0.131. The van der Waals surface area contributed by atoms with Gasteiger partial charge in [-0.15, -0.1) is 0 Å². The number of methoxy groups -OCH3 is 1. The van der Waals surface area contributed by atoms with Crippen molar-refractivity contribution in [2.45, 2.75) is 26.8 Å². The summed E-state index contributed by atoms with van der Waals surface area (Å²) in [5.74, 6) is 1.87. The highest BCUT2D eigenvalue weighted by atomic mass is 16.5. The molecular weight excluding hydrogens is 316 g/mol. The minimum Gasteiger partial charge on any atom is -0.496 e. The SMILES string of the molecule is COc1cccc2c(NC(C)C)cnc(N3CCN(C(C)=O)CC3)c12. The van der Waals surface area contributed by atoms with Crippen molar-refractivity contribution in [2.24, 2.45) is 0 Å². The summed E-state index contributed by atoms with van der Waals surface area (Å²) >= 11 is 0. The van der Waals surface area contributed by atoms with Gasteiger partial charge in [-0.05, 0) is 19.9 Å². The third-order valence-electron chi connectivity index (χ3n) is 4.54. The van der Waals surface area contributed by atoms with Crippen molar-refractivity contribution in [1.29, 1.82) is 0 Å². The van der Waals surface area contributed by atoms with Crippen molar-refractivity contribution in [3.63, 3.8) is 0 Å². The lowest BCUT2D eigenvalue weighted by Gasteiger charge is -2.35. The Bertz CT molecular complexity index is 767. The molecule has 0 spiro atoms. The summed E-state index contributed by atoms with van der Waals surface area (Å²) in [5, 5.41) is 5.59. The Labute approximate surface area is 148 Å². The van der Waals surface area contributed by atoms with Gasteiger partial charge in [0.25, 0.3) is 0 Å². The lowest BCUT2D eigenvalue weighted by Crippen LogP contribution is -2.48. The second kappa shape index (κ2) is 7.17. The van der Waals surface area contributed by atoms with Gasteiger partial charge in [0.05, 0.1) is 24.4 Å². The Kier molecular flexibility index (Phi) is 4.97. The molecule has 0 atom stereocenters. The topological polar surface area (TPSA) is 57.7 Å². The molecule has 25 heavy (non-hydrogen) atoms. The molecule has 1 aromatic carbocycles. The molecule has 0 aliphatic carbocycles. The number of piperazine rings is 1. The number of aromatic nitrogens is 1. The maximum absolute atomic E-state index is 11.6. The van der Waals surface area contributed by atoms with Crippen LogP contribution >= 0.6 is 0 Å². The predicted octanol–water partition coefficient (Wildman–Crippen LogP) is 2.73. The molecule has 6 nitrogen and oxygen atoms in total. The number of nitrogens with zero attached hydrogens (tertiary/aromatic N) is 3. The zero-order valence-corrected chi connectivity index (χ0v) is 15.4. The monoisotopic (exact) mass is 342 g/mol. The van der Waals surface area contributed by atoms with Crippen LogP contribution in [0.3, 0.4) is 0 Å². The third-order valence-corrected chi connectivity index (χ3v) is 4.54. The molecule has 2 aromatic rings. The number of carbonyl (C=O) groups excluding carboxylic acids is 1. The Morgan fingerprint density at radius 1 is 1.24 bits per heavy atom. The van der Waals surface area contributed by atoms with Gasteiger partial charge in [-0.25, -0.2) is 4.98 Å². The number of benzene rings is 1. The molecule has 1 N–H and O–H groups in total. The van der Waals surface area contributed by atoms with Crippen LogP contribution in [0.4, 0.5) is 11.5 Å². The van der Waals surface area contributed by atoms with E-state index in [2.05, 4.69) is 30.1 Å². The molecule has 134 valence electrons. The van der Waals surface area contributed by atoms with Crippen LogP contribution in [0.25, 0.3) is 10.8 Å². The summed E-state index contributed by atoms with van der Waals surface area (Å²) < 4.78 is 5.62. The van der Waals surface area contributed by atoms with E-state index in [1.54, 1.807) is 14.0 Å². The summed E-state index contributed by atoms with van der Waals surface area (Å²) in [6.07, 6.45) is 1.90. The predicted molar refractivity (Wildman–Crippen MR) is 102 cm³/mol. The van der Waals surface area contributed by atoms with Crippen molar-refractivity contribution in [2.75, 3.05) is 43.5 Å². The Hall–Kier alpha value is -2.50. The maximum Gasteiger partial charge on any atom is 0.219 e. The van der Waals surface area contributed by atoms with E-state index in [1.807, 2.05) is 23.2 Å². The van der Waals surface area contributed by atoms with Gasteiger partial charge >= 0.3 is 0 Å². The molecule has 1 aromatic heterocycles. The number of rotatable bonds is 4. The lowest BCUT2D eigenvalue weighted by atomic mass is 10.1. The van der Waals surface area contributed by atoms with Crippen LogP contribution in [0, 0.1) is 0 Å². The van der Waals surface area contributed by atoms with E-state index in [1.165, 1.54) is 0 Å². The molecule has 1 amide bonds. The van der Waals surface area contributed by atoms with E-state index in [0.29, 0.717) is 6.04 Å². The summed E-state index contributed by atoms with van der Waals surface area (Å²) in [7, 11) is 1.69. The molecule has 1 aliphatic rings. The molecule has 1 saturated heterocycles. The standard InChI is InChI=1S/C19H26N4O2/c1-13(2)21-16-12-20-19(18-15(16)6-5-7-17(18)25-4)23-10-8-22(9-11-23)14(3)24/h5-7,12-13,21H,8-11H2,1-4H3. The van der Waals surface area contributed by atoms with Crippen LogP contribution in [0.5, 0.6) is 5.75 Å². The second-order valence-corrected chi connectivity index (χ2v) is 6.67. The summed E-state index contributed by atoms with van der Waals surface area (Å²) in [6.45, 7) is 8.84. The van der Waals surface area contributed by atoms with Crippen LogP contribution in [0.2, 0.25) is 0 Å². The van der Waals surface area contributed by atoms with Crippen molar-refractivity contribution >= 4 is 28.2 Å². The highest BCUT2D eigenvalue weighted by molar-refractivity contribution is 6.04. The quantitative estimate of drug-likeness (QED) is 0.926. The number of hydrogen-bond acceptors (Lipinski definition) is 5. The van der Waals surface area contributed by atoms with Crippen molar-refractivity contribution in [1.82, 2.24) is 9.88 Å². The normalized spacial score (nSPS) is 14.9. The maximum atomic E-state index is 11.6. The van der Waals surface area contributed by atoms with Gasteiger partial charge < -0.3 is 19.9 Å². The Balaban J connectivity index is 2.02. The average molecular weight is 342 g/mol. The molecule has 0 unspecified atom stereocenters. The zero-order chi connectivity index (χ0) is 18.0. The molecule has 1 fully saturated rings. The van der Waals surface area contributed by atoms with Gasteiger partial charge in [-0.1, -0.05) is 12.1 Å². The smallest absolute Gasteiger partial charge is 0.219 e. The van der Waals surface area contributed by atoms with Gasteiger partial charge in [-0.3, -0.25) is 4.79 Å². The largest absolute Gasteiger partial charge is 0.496 e. The van der Waals surface area contributed by atoms with Gasteiger partial charge in [-0.2, -0.15) is 0 Å². The van der Waals surface area contributed by atoms with Gasteiger partial charge in [0.2, 0.25) is 5.91 Å². The van der Waals surface area contributed by atoms with E-state index in [-0.39, 0.29) is 5.91 Å². The van der Waals surface area contributed by atoms with Crippen LogP contribution in [-0.4, -0.2) is 55.1 Å². The highest BCUT2D eigenvalue weighted by Crippen LogP contribution is 2.37. The molecule has 2 heterocycles. The van der Waals surface area contributed by atoms with E-state index >= 15 is 0 Å². The van der Waals surface area contributed by atoms with E-state index in [0.717, 1.165) is 54.2 Å². The number of hydrogen-bond donors (Lipinski definition) is 1. The molecule has 0 saturated carbocycles. The first-order valence-corrected chi connectivity index (χ1v) is 8.74. The van der Waals surface area contributed by atoms with E-state index in [9.17, 15) is 4.79 Å². The molecule has 3 rings (SSSR count). The summed E-state index contributed by atoms with van der Waals surface area (Å²) in [6, 6.07) is 6.39. The average Bonchev–Trinajstić information content (AvgIpc) is 2.61. The van der Waals surface area contributed by atoms with Gasteiger partial charge in [0, 0.05) is 44.5 Å². The van der Waals surface area contributed by atoms with Crippen molar-refractivity contribution in [3.8, 4) is 5.75 Å². The van der Waals surface area contributed by atoms with Crippen LogP contribution in [0.1, 0.15) is 20.8 Å². The number of carbonyl (C=O) groups is 1. The highest BCUT2D eigenvalue weighted by Gasteiger charge is 2.23. The zero-order valence-electron chi connectivity index (χ0n) is 15.4. The first-order chi connectivity index (χ1) is 12.0. The number of pyridine rings is 1.